The standard InChI is InChI=1S/C31H66N.ClH/c1-5-6-7-8-9-10-11-12-13-14-15-16-17-18-19-20-21-22-23-24-25-26-27-28-29-30-31-32(2,3)4;/h5-31H2,1-4H3;1H/q+1;/p-1. The summed E-state index contributed by atoms with van der Waals surface area (Å²) in [5.74, 6) is 0. The smallest absolute Gasteiger partial charge is 0.0780 e. The summed E-state index contributed by atoms with van der Waals surface area (Å²) in [7, 11) is 6.92. The summed E-state index contributed by atoms with van der Waals surface area (Å²) in [6.07, 6.45) is 38.3. The molecule has 0 aliphatic heterocycles. The lowest BCUT2D eigenvalue weighted by molar-refractivity contribution is -0.870. The van der Waals surface area contributed by atoms with Gasteiger partial charge in [0, 0.05) is 0 Å². The van der Waals surface area contributed by atoms with E-state index in [2.05, 4.69) is 28.1 Å². The molecule has 0 unspecified atom stereocenters. The molecule has 202 valence electrons. The molecular weight excluding hydrogens is 422 g/mol. The van der Waals surface area contributed by atoms with Crippen LogP contribution in [0.4, 0.5) is 0 Å². The van der Waals surface area contributed by atoms with Crippen LogP contribution in [0.15, 0.2) is 0 Å². The van der Waals surface area contributed by atoms with Gasteiger partial charge >= 0.3 is 0 Å². The highest BCUT2D eigenvalue weighted by atomic mass is 35.5. The van der Waals surface area contributed by atoms with Gasteiger partial charge in [-0.25, -0.2) is 0 Å². The van der Waals surface area contributed by atoms with Crippen molar-refractivity contribution in [1.82, 2.24) is 0 Å². The minimum Gasteiger partial charge on any atom is -1.00 e. The van der Waals surface area contributed by atoms with Crippen molar-refractivity contribution in [3.05, 3.63) is 0 Å². The molecule has 0 amide bonds. The van der Waals surface area contributed by atoms with Gasteiger partial charge in [-0.15, -0.1) is 0 Å². The number of hydrogen-bond acceptors (Lipinski definition) is 0. The number of halogens is 1. The number of quaternary nitrogens is 1. The lowest BCUT2D eigenvalue weighted by Gasteiger charge is -2.23. The average molecular weight is 488 g/mol. The maximum atomic E-state index is 2.31. The number of hydrogen-bond donors (Lipinski definition) is 0. The van der Waals surface area contributed by atoms with Crippen molar-refractivity contribution in [2.45, 2.75) is 174 Å². The molecule has 0 heterocycles. The van der Waals surface area contributed by atoms with E-state index in [1.807, 2.05) is 0 Å². The Morgan fingerprint density at radius 2 is 0.485 bits per heavy atom. The van der Waals surface area contributed by atoms with Gasteiger partial charge in [-0.2, -0.15) is 0 Å². The van der Waals surface area contributed by atoms with Crippen molar-refractivity contribution < 1.29 is 16.9 Å². The molecule has 1 nitrogen and oxygen atoms in total. The van der Waals surface area contributed by atoms with Crippen LogP contribution in [0.25, 0.3) is 0 Å². The molecule has 0 saturated carbocycles. The molecule has 0 aromatic rings. The lowest BCUT2D eigenvalue weighted by atomic mass is 10.0. The van der Waals surface area contributed by atoms with Gasteiger partial charge in [-0.05, 0) is 12.8 Å². The summed E-state index contributed by atoms with van der Waals surface area (Å²) < 4.78 is 1.12. The highest BCUT2D eigenvalue weighted by Gasteiger charge is 2.05. The van der Waals surface area contributed by atoms with Crippen LogP contribution in [-0.2, 0) is 0 Å². The van der Waals surface area contributed by atoms with Gasteiger partial charge in [0.1, 0.15) is 0 Å². The van der Waals surface area contributed by atoms with Crippen LogP contribution in [-0.4, -0.2) is 32.2 Å². The third kappa shape index (κ3) is 34.5. The van der Waals surface area contributed by atoms with Crippen molar-refractivity contribution in [3.8, 4) is 0 Å². The molecule has 0 N–H and O–H groups in total. The summed E-state index contributed by atoms with van der Waals surface area (Å²) in [5.41, 5.74) is 0. The molecule has 0 saturated heterocycles. The third-order valence-corrected chi connectivity index (χ3v) is 7.18. The molecule has 0 fully saturated rings. The molecule has 2 heteroatoms. The minimum absolute atomic E-state index is 0. The lowest BCUT2D eigenvalue weighted by Crippen LogP contribution is -3.00. The zero-order valence-electron chi connectivity index (χ0n) is 23.9. The van der Waals surface area contributed by atoms with Crippen molar-refractivity contribution in [2.75, 3.05) is 27.7 Å². The molecule has 0 rings (SSSR count). The van der Waals surface area contributed by atoms with E-state index in [0.29, 0.717) is 0 Å². The quantitative estimate of drug-likeness (QED) is 0.0816. The fourth-order valence-corrected chi connectivity index (χ4v) is 4.90. The Bertz CT molecular complexity index is 336. The first-order valence-electron chi connectivity index (χ1n) is 15.4. The van der Waals surface area contributed by atoms with E-state index in [9.17, 15) is 0 Å². The molecule has 0 aromatic carbocycles. The van der Waals surface area contributed by atoms with Crippen molar-refractivity contribution in [2.24, 2.45) is 0 Å². The van der Waals surface area contributed by atoms with Crippen LogP contribution in [0.1, 0.15) is 174 Å². The molecule has 0 atom stereocenters. The predicted octanol–water partition coefficient (Wildman–Crippen LogP) is 7.86. The van der Waals surface area contributed by atoms with E-state index < -0.39 is 0 Å². The van der Waals surface area contributed by atoms with E-state index in [4.69, 9.17) is 0 Å². The van der Waals surface area contributed by atoms with Gasteiger partial charge in [0.2, 0.25) is 0 Å². The van der Waals surface area contributed by atoms with Crippen LogP contribution in [0, 0.1) is 0 Å². The summed E-state index contributed by atoms with van der Waals surface area (Å²) in [6.45, 7) is 3.64. The van der Waals surface area contributed by atoms with Crippen LogP contribution >= 0.6 is 0 Å². The second kappa shape index (κ2) is 28.5. The zero-order chi connectivity index (χ0) is 23.6. The van der Waals surface area contributed by atoms with E-state index >= 15 is 0 Å². The summed E-state index contributed by atoms with van der Waals surface area (Å²) >= 11 is 0. The first-order chi connectivity index (χ1) is 15.6. The van der Waals surface area contributed by atoms with E-state index in [-0.39, 0.29) is 12.4 Å². The average Bonchev–Trinajstić information content (AvgIpc) is 2.75. The molecule has 0 bridgehead atoms. The van der Waals surface area contributed by atoms with E-state index in [1.54, 1.807) is 0 Å². The number of nitrogens with zero attached hydrogens (tertiary/aromatic N) is 1. The normalized spacial score (nSPS) is 11.6. The van der Waals surface area contributed by atoms with Crippen molar-refractivity contribution in [1.29, 1.82) is 0 Å². The van der Waals surface area contributed by atoms with Crippen LogP contribution in [0.2, 0.25) is 0 Å². The van der Waals surface area contributed by atoms with E-state index in [0.717, 1.165) is 4.48 Å². The molecular formula is C31H66ClN. The first-order valence-corrected chi connectivity index (χ1v) is 15.4. The Balaban J connectivity index is 0. The SMILES string of the molecule is CCCCCCCCCCCCCCCCCCCCCCCCCCCC[N+](C)(C)C.[Cl-]. The number of unbranched alkanes of at least 4 members (excludes halogenated alkanes) is 25. The highest BCUT2D eigenvalue weighted by molar-refractivity contribution is 4.52. The molecule has 0 radical (unpaired) electrons. The van der Waals surface area contributed by atoms with Gasteiger partial charge in [0.25, 0.3) is 0 Å². The van der Waals surface area contributed by atoms with Gasteiger partial charge in [-0.3, -0.25) is 0 Å². The Morgan fingerprint density at radius 1 is 0.303 bits per heavy atom. The van der Waals surface area contributed by atoms with Gasteiger partial charge < -0.3 is 16.9 Å². The van der Waals surface area contributed by atoms with E-state index in [1.165, 1.54) is 173 Å². The van der Waals surface area contributed by atoms with Crippen molar-refractivity contribution in [3.63, 3.8) is 0 Å². The number of rotatable bonds is 27. The molecule has 0 aliphatic rings. The summed E-state index contributed by atoms with van der Waals surface area (Å²) in [5, 5.41) is 0. The fraction of sp³-hybridized carbons (Fsp3) is 1.00. The van der Waals surface area contributed by atoms with Gasteiger partial charge in [0.05, 0.1) is 27.7 Å². The predicted molar refractivity (Wildman–Crippen MR) is 149 cm³/mol. The molecule has 33 heavy (non-hydrogen) atoms. The highest BCUT2D eigenvalue weighted by Crippen LogP contribution is 2.16. The fourth-order valence-electron chi connectivity index (χ4n) is 4.90. The Hall–Kier alpha value is 0.250. The van der Waals surface area contributed by atoms with Gasteiger partial charge in [-0.1, -0.05) is 161 Å². The molecule has 0 aliphatic carbocycles. The maximum Gasteiger partial charge on any atom is 0.0780 e. The van der Waals surface area contributed by atoms with Crippen molar-refractivity contribution >= 4 is 0 Å². The van der Waals surface area contributed by atoms with Crippen LogP contribution < -0.4 is 12.4 Å². The van der Waals surface area contributed by atoms with Gasteiger partial charge in [0.15, 0.2) is 0 Å². The summed E-state index contributed by atoms with van der Waals surface area (Å²) in [6, 6.07) is 0. The Labute approximate surface area is 218 Å². The monoisotopic (exact) mass is 487 g/mol. The second-order valence-electron chi connectivity index (χ2n) is 11.9. The molecule has 0 spiro atoms. The third-order valence-electron chi connectivity index (χ3n) is 7.18. The first kappa shape index (κ1) is 35.4. The Kier molecular flexibility index (Phi) is 30.6. The minimum atomic E-state index is 0. The zero-order valence-corrected chi connectivity index (χ0v) is 24.7. The Morgan fingerprint density at radius 3 is 0.667 bits per heavy atom. The van der Waals surface area contributed by atoms with Crippen LogP contribution in [0.3, 0.4) is 0 Å². The summed E-state index contributed by atoms with van der Waals surface area (Å²) in [4.78, 5) is 0. The molecule has 0 aromatic heterocycles. The topological polar surface area (TPSA) is 0 Å². The van der Waals surface area contributed by atoms with Crippen LogP contribution in [0.5, 0.6) is 0 Å². The second-order valence-corrected chi connectivity index (χ2v) is 11.9. The maximum absolute atomic E-state index is 2.31. The largest absolute Gasteiger partial charge is 1.00 e.